The molecule has 0 spiro atoms. The lowest BCUT2D eigenvalue weighted by atomic mass is 10.1. The van der Waals surface area contributed by atoms with Crippen molar-refractivity contribution < 1.29 is 26.5 Å². The van der Waals surface area contributed by atoms with Crippen molar-refractivity contribution in [1.29, 1.82) is 0 Å². The summed E-state index contributed by atoms with van der Waals surface area (Å²) in [7, 11) is 0. The Bertz CT molecular complexity index is 447. The van der Waals surface area contributed by atoms with E-state index in [2.05, 4.69) is 4.18 Å². The van der Waals surface area contributed by atoms with Crippen molar-refractivity contribution in [2.24, 2.45) is 0 Å². The quantitative estimate of drug-likeness (QED) is 0.825. The highest BCUT2D eigenvalue weighted by molar-refractivity contribution is 7.74. The van der Waals surface area contributed by atoms with Crippen LogP contribution in [-0.4, -0.2) is 14.7 Å². The van der Waals surface area contributed by atoms with Gasteiger partial charge in [-0.15, -0.1) is 0 Å². The zero-order valence-corrected chi connectivity index (χ0v) is 9.01. The van der Waals surface area contributed by atoms with Crippen molar-refractivity contribution in [2.75, 3.05) is 0 Å². The van der Waals surface area contributed by atoms with Gasteiger partial charge in [0.15, 0.2) is 11.6 Å². The van der Waals surface area contributed by atoms with Gasteiger partial charge in [-0.05, 0) is 30.2 Å². The highest BCUT2D eigenvalue weighted by atomic mass is 32.2. The van der Waals surface area contributed by atoms with Crippen molar-refractivity contribution in [3.63, 3.8) is 0 Å². The van der Waals surface area contributed by atoms with Crippen LogP contribution in [0.3, 0.4) is 0 Å². The summed E-state index contributed by atoms with van der Waals surface area (Å²) < 4.78 is 47.9. The van der Waals surface area contributed by atoms with Crippen molar-refractivity contribution in [1.82, 2.24) is 0 Å². The van der Waals surface area contributed by atoms with Crippen LogP contribution in [0.25, 0.3) is 0 Å². The van der Waals surface area contributed by atoms with Gasteiger partial charge in [-0.2, -0.15) is 4.21 Å². The average molecular weight is 250 g/mol. The molecule has 0 aliphatic rings. The molecule has 0 radical (unpaired) electrons. The fourth-order valence-corrected chi connectivity index (χ4v) is 1.36. The number of carbonyl (C=O) groups excluding carboxylic acids is 1. The molecule has 4 nitrogen and oxygen atoms in total. The molecule has 1 atom stereocenters. The van der Waals surface area contributed by atoms with Gasteiger partial charge in [0.05, 0.1) is 6.42 Å². The summed E-state index contributed by atoms with van der Waals surface area (Å²) in [6.07, 6.45) is -0.394. The minimum Gasteiger partial charge on any atom is -0.343 e. The summed E-state index contributed by atoms with van der Waals surface area (Å²) in [5.74, 6) is -3.09. The van der Waals surface area contributed by atoms with Crippen LogP contribution in [0.15, 0.2) is 12.1 Å². The Morgan fingerprint density at radius 2 is 2.00 bits per heavy atom. The molecule has 0 bridgehead atoms. The Morgan fingerprint density at radius 1 is 1.44 bits per heavy atom. The maximum atomic E-state index is 12.8. The van der Waals surface area contributed by atoms with Crippen molar-refractivity contribution in [3.05, 3.63) is 34.9 Å². The van der Waals surface area contributed by atoms with E-state index in [1.165, 1.54) is 6.92 Å². The van der Waals surface area contributed by atoms with E-state index in [1.807, 2.05) is 0 Å². The van der Waals surface area contributed by atoms with Gasteiger partial charge in [0, 0.05) is 0 Å². The molecule has 1 aromatic carbocycles. The molecule has 0 saturated heterocycles. The lowest BCUT2D eigenvalue weighted by Gasteiger charge is -2.05. The van der Waals surface area contributed by atoms with Gasteiger partial charge < -0.3 is 4.18 Å². The first-order valence-corrected chi connectivity index (χ1v) is 5.20. The summed E-state index contributed by atoms with van der Waals surface area (Å²) >= 11 is -2.70. The monoisotopic (exact) mass is 250 g/mol. The van der Waals surface area contributed by atoms with Gasteiger partial charge in [0.1, 0.15) is 0 Å². The lowest BCUT2D eigenvalue weighted by Crippen LogP contribution is -2.10. The number of halogens is 2. The van der Waals surface area contributed by atoms with Crippen molar-refractivity contribution in [3.8, 4) is 0 Å². The fourth-order valence-electron chi connectivity index (χ4n) is 1.14. The predicted octanol–water partition coefficient (Wildman–Crippen LogP) is 1.50. The van der Waals surface area contributed by atoms with Crippen LogP contribution in [0.2, 0.25) is 0 Å². The van der Waals surface area contributed by atoms with Crippen LogP contribution in [-0.2, 0) is 26.8 Å². The van der Waals surface area contributed by atoms with Crippen LogP contribution in [0.1, 0.15) is 11.1 Å². The molecule has 16 heavy (non-hydrogen) atoms. The normalized spacial score (nSPS) is 12.2. The van der Waals surface area contributed by atoms with E-state index in [1.54, 1.807) is 0 Å². The fraction of sp³-hybridized carbons (Fsp3) is 0.222. The third-order valence-corrected chi connectivity index (χ3v) is 2.21. The molecule has 0 aliphatic heterocycles. The Kier molecular flexibility index (Phi) is 4.08. The Labute approximate surface area is 92.7 Å². The van der Waals surface area contributed by atoms with Gasteiger partial charge in [0.2, 0.25) is 0 Å². The molecule has 0 fully saturated rings. The summed E-state index contributed by atoms with van der Waals surface area (Å²) in [5.41, 5.74) is 0.564. The second-order valence-electron chi connectivity index (χ2n) is 3.04. The van der Waals surface area contributed by atoms with E-state index in [0.29, 0.717) is 5.56 Å². The number of benzene rings is 1. The molecular formula is C9H8F2O4S. The maximum absolute atomic E-state index is 12.8. The Hall–Kier alpha value is -1.34. The minimum absolute atomic E-state index is 0.203. The summed E-state index contributed by atoms with van der Waals surface area (Å²) in [6, 6.07) is 1.79. The topological polar surface area (TPSA) is 63.6 Å². The predicted molar refractivity (Wildman–Crippen MR) is 51.7 cm³/mol. The first kappa shape index (κ1) is 12.7. The van der Waals surface area contributed by atoms with E-state index in [-0.39, 0.29) is 5.56 Å². The number of hydrogen-bond donors (Lipinski definition) is 1. The molecule has 0 saturated carbocycles. The molecule has 1 rings (SSSR count). The highest BCUT2D eigenvalue weighted by Gasteiger charge is 2.13. The second kappa shape index (κ2) is 5.13. The van der Waals surface area contributed by atoms with Gasteiger partial charge in [0.25, 0.3) is 0 Å². The minimum atomic E-state index is -2.70. The number of rotatable bonds is 3. The summed E-state index contributed by atoms with van der Waals surface area (Å²) in [5, 5.41) is 0. The van der Waals surface area contributed by atoms with Gasteiger partial charge in [-0.3, -0.25) is 9.35 Å². The second-order valence-corrected chi connectivity index (χ2v) is 3.64. The Balaban J connectivity index is 2.85. The largest absolute Gasteiger partial charge is 0.360 e. The molecular weight excluding hydrogens is 242 g/mol. The van der Waals surface area contributed by atoms with Crippen LogP contribution in [0.4, 0.5) is 8.78 Å². The lowest BCUT2D eigenvalue weighted by molar-refractivity contribution is -0.133. The molecule has 0 amide bonds. The van der Waals surface area contributed by atoms with Crippen molar-refractivity contribution >= 4 is 17.3 Å². The molecule has 0 aromatic heterocycles. The smallest absolute Gasteiger partial charge is 0.343 e. The molecule has 1 aromatic rings. The standard InChI is InChI=1S/C9H8F2O4S/c1-5-2-7(10)8(11)3-6(5)4-9(12)15-16(13)14/h2-3H,4H2,1H3,(H,13,14). The molecule has 88 valence electrons. The van der Waals surface area contributed by atoms with Crippen LogP contribution in [0, 0.1) is 18.6 Å². The summed E-state index contributed by atoms with van der Waals surface area (Å²) in [6.45, 7) is 1.49. The van der Waals surface area contributed by atoms with E-state index in [4.69, 9.17) is 4.55 Å². The summed E-state index contributed by atoms with van der Waals surface area (Å²) in [4.78, 5) is 11.0. The zero-order chi connectivity index (χ0) is 12.3. The van der Waals surface area contributed by atoms with Crippen LogP contribution >= 0.6 is 0 Å². The molecule has 1 unspecified atom stereocenters. The number of hydrogen-bond acceptors (Lipinski definition) is 3. The Morgan fingerprint density at radius 3 is 2.56 bits per heavy atom. The molecule has 0 heterocycles. The number of carbonyl (C=O) groups is 1. The van der Waals surface area contributed by atoms with E-state index >= 15 is 0 Å². The third-order valence-electron chi connectivity index (χ3n) is 1.88. The first-order valence-electron chi connectivity index (χ1n) is 4.16. The van der Waals surface area contributed by atoms with Crippen LogP contribution in [0.5, 0.6) is 0 Å². The van der Waals surface area contributed by atoms with Gasteiger partial charge in [-0.1, -0.05) is 0 Å². The zero-order valence-electron chi connectivity index (χ0n) is 8.20. The first-order chi connectivity index (χ1) is 7.40. The van der Waals surface area contributed by atoms with Gasteiger partial charge >= 0.3 is 17.3 Å². The average Bonchev–Trinajstić information content (AvgIpc) is 2.12. The van der Waals surface area contributed by atoms with E-state index in [0.717, 1.165) is 12.1 Å². The third kappa shape index (κ3) is 3.35. The molecule has 1 N–H and O–H groups in total. The maximum Gasteiger partial charge on any atom is 0.360 e. The van der Waals surface area contributed by atoms with E-state index < -0.39 is 35.4 Å². The van der Waals surface area contributed by atoms with Crippen LogP contribution < -0.4 is 0 Å². The SMILES string of the molecule is Cc1cc(F)c(F)cc1CC(=O)OS(=O)O. The molecule has 0 aliphatic carbocycles. The highest BCUT2D eigenvalue weighted by Crippen LogP contribution is 2.15. The van der Waals surface area contributed by atoms with Gasteiger partial charge in [-0.25, -0.2) is 8.78 Å². The molecule has 7 heteroatoms. The number of aryl methyl sites for hydroxylation is 1. The van der Waals surface area contributed by atoms with E-state index in [9.17, 15) is 17.8 Å². The van der Waals surface area contributed by atoms with Crippen molar-refractivity contribution in [2.45, 2.75) is 13.3 Å².